The molecule has 0 radical (unpaired) electrons. The molecule has 0 unspecified atom stereocenters. The Labute approximate surface area is 84.0 Å². The third kappa shape index (κ3) is 1.39. The zero-order valence-corrected chi connectivity index (χ0v) is 9.00. The lowest BCUT2D eigenvalue weighted by atomic mass is 10.1. The van der Waals surface area contributed by atoms with E-state index in [-0.39, 0.29) is 5.54 Å². The van der Waals surface area contributed by atoms with Crippen molar-refractivity contribution < 1.29 is 4.74 Å². The molecule has 4 heteroatoms. The van der Waals surface area contributed by atoms with Crippen LogP contribution in [0.1, 0.15) is 32.0 Å². The largest absolute Gasteiger partial charge is 0.384 e. The molecule has 2 heterocycles. The molecule has 14 heavy (non-hydrogen) atoms. The van der Waals surface area contributed by atoms with Gasteiger partial charge in [0.25, 0.3) is 0 Å². The predicted molar refractivity (Wildman–Crippen MR) is 55.0 cm³/mol. The van der Waals surface area contributed by atoms with E-state index < -0.39 is 0 Å². The van der Waals surface area contributed by atoms with Crippen molar-refractivity contribution in [1.29, 1.82) is 0 Å². The summed E-state index contributed by atoms with van der Waals surface area (Å²) in [4.78, 5) is 0. The van der Waals surface area contributed by atoms with Crippen LogP contribution in [0.15, 0.2) is 0 Å². The summed E-state index contributed by atoms with van der Waals surface area (Å²) in [6.45, 7) is 7.66. The Balaban J connectivity index is 2.49. The van der Waals surface area contributed by atoms with Crippen molar-refractivity contribution in [2.45, 2.75) is 39.3 Å². The summed E-state index contributed by atoms with van der Waals surface area (Å²) < 4.78 is 7.24. The Morgan fingerprint density at radius 3 is 2.71 bits per heavy atom. The van der Waals surface area contributed by atoms with Crippen LogP contribution in [0.5, 0.6) is 0 Å². The van der Waals surface area contributed by atoms with Gasteiger partial charge in [-0.25, -0.2) is 4.68 Å². The molecular weight excluding hydrogens is 178 g/mol. The summed E-state index contributed by atoms with van der Waals surface area (Å²) in [7, 11) is 0. The standard InChI is InChI=1S/C10H17N3O/c1-10(2,3)13-9(11)7-4-5-14-6-8(7)12-13/h4-6,11H2,1-3H3. The first-order valence-corrected chi connectivity index (χ1v) is 4.94. The van der Waals surface area contributed by atoms with E-state index in [2.05, 4.69) is 25.9 Å². The molecule has 1 aliphatic heterocycles. The van der Waals surface area contributed by atoms with E-state index in [0.29, 0.717) is 6.61 Å². The number of nitrogens with zero attached hydrogens (tertiary/aromatic N) is 2. The van der Waals surface area contributed by atoms with Crippen molar-refractivity contribution >= 4 is 5.82 Å². The predicted octanol–water partition coefficient (Wildman–Crippen LogP) is 1.29. The Kier molecular flexibility index (Phi) is 2.03. The van der Waals surface area contributed by atoms with Crippen molar-refractivity contribution in [3.8, 4) is 0 Å². The van der Waals surface area contributed by atoms with Gasteiger partial charge in [-0.05, 0) is 20.8 Å². The van der Waals surface area contributed by atoms with Crippen LogP contribution in [0.2, 0.25) is 0 Å². The number of aromatic nitrogens is 2. The molecule has 78 valence electrons. The Morgan fingerprint density at radius 2 is 2.14 bits per heavy atom. The van der Waals surface area contributed by atoms with Gasteiger partial charge in [-0.15, -0.1) is 0 Å². The molecule has 0 bridgehead atoms. The molecule has 0 fully saturated rings. The van der Waals surface area contributed by atoms with E-state index >= 15 is 0 Å². The fourth-order valence-corrected chi connectivity index (χ4v) is 1.75. The highest BCUT2D eigenvalue weighted by atomic mass is 16.5. The average molecular weight is 195 g/mol. The van der Waals surface area contributed by atoms with E-state index in [1.54, 1.807) is 0 Å². The number of anilines is 1. The number of fused-ring (bicyclic) bond motifs is 1. The molecule has 1 aromatic heterocycles. The number of rotatable bonds is 0. The summed E-state index contributed by atoms with van der Waals surface area (Å²) in [6, 6.07) is 0. The first kappa shape index (κ1) is 9.52. The molecule has 0 saturated carbocycles. The number of nitrogen functional groups attached to an aromatic ring is 1. The molecule has 0 atom stereocenters. The van der Waals surface area contributed by atoms with E-state index in [4.69, 9.17) is 10.5 Å². The summed E-state index contributed by atoms with van der Waals surface area (Å²) in [5.74, 6) is 0.802. The molecule has 0 aromatic carbocycles. The lowest BCUT2D eigenvalue weighted by molar-refractivity contribution is 0.107. The minimum atomic E-state index is -0.0541. The van der Waals surface area contributed by atoms with Gasteiger partial charge in [-0.1, -0.05) is 0 Å². The average Bonchev–Trinajstić information content (AvgIpc) is 2.44. The van der Waals surface area contributed by atoms with Crippen LogP contribution in [0.25, 0.3) is 0 Å². The van der Waals surface area contributed by atoms with Gasteiger partial charge in [0.05, 0.1) is 24.4 Å². The van der Waals surface area contributed by atoms with Crippen molar-refractivity contribution in [3.63, 3.8) is 0 Å². The van der Waals surface area contributed by atoms with Crippen LogP contribution in [-0.4, -0.2) is 16.4 Å². The monoisotopic (exact) mass is 195 g/mol. The van der Waals surface area contributed by atoms with Gasteiger partial charge in [0, 0.05) is 12.0 Å². The quantitative estimate of drug-likeness (QED) is 0.678. The molecule has 1 aromatic rings. The lowest BCUT2D eigenvalue weighted by Crippen LogP contribution is -2.25. The van der Waals surface area contributed by atoms with Crippen molar-refractivity contribution in [2.75, 3.05) is 12.3 Å². The SMILES string of the molecule is CC(C)(C)n1nc2c(c1N)CCOC2. The minimum Gasteiger partial charge on any atom is -0.384 e. The highest BCUT2D eigenvalue weighted by Crippen LogP contribution is 2.27. The zero-order chi connectivity index (χ0) is 10.3. The van der Waals surface area contributed by atoms with Crippen LogP contribution in [0.3, 0.4) is 0 Å². The first-order valence-electron chi connectivity index (χ1n) is 4.94. The van der Waals surface area contributed by atoms with Gasteiger partial charge in [0.15, 0.2) is 0 Å². The molecule has 1 aliphatic rings. The molecule has 0 aliphatic carbocycles. The van der Waals surface area contributed by atoms with Crippen molar-refractivity contribution in [3.05, 3.63) is 11.3 Å². The fraction of sp³-hybridized carbons (Fsp3) is 0.700. The van der Waals surface area contributed by atoms with Gasteiger partial charge in [-0.2, -0.15) is 5.10 Å². The maximum atomic E-state index is 6.06. The van der Waals surface area contributed by atoms with Crippen LogP contribution >= 0.6 is 0 Å². The molecule has 0 spiro atoms. The summed E-state index contributed by atoms with van der Waals surface area (Å²) in [6.07, 6.45) is 0.886. The smallest absolute Gasteiger partial charge is 0.125 e. The molecule has 2 rings (SSSR count). The zero-order valence-electron chi connectivity index (χ0n) is 9.00. The lowest BCUT2D eigenvalue weighted by Gasteiger charge is -2.20. The minimum absolute atomic E-state index is 0.0541. The third-order valence-electron chi connectivity index (χ3n) is 2.48. The van der Waals surface area contributed by atoms with E-state index in [1.165, 1.54) is 5.56 Å². The summed E-state index contributed by atoms with van der Waals surface area (Å²) >= 11 is 0. The van der Waals surface area contributed by atoms with Crippen molar-refractivity contribution in [2.24, 2.45) is 0 Å². The second-order valence-electron chi connectivity index (χ2n) is 4.70. The van der Waals surface area contributed by atoms with Gasteiger partial charge in [-0.3, -0.25) is 0 Å². The molecule has 4 nitrogen and oxygen atoms in total. The maximum absolute atomic E-state index is 6.06. The second-order valence-corrected chi connectivity index (χ2v) is 4.70. The molecule has 2 N–H and O–H groups in total. The van der Waals surface area contributed by atoms with Gasteiger partial charge in [0.1, 0.15) is 5.82 Å². The van der Waals surface area contributed by atoms with Gasteiger partial charge >= 0.3 is 0 Å². The van der Waals surface area contributed by atoms with Crippen molar-refractivity contribution in [1.82, 2.24) is 9.78 Å². The fourth-order valence-electron chi connectivity index (χ4n) is 1.75. The van der Waals surface area contributed by atoms with Crippen LogP contribution in [-0.2, 0) is 23.3 Å². The normalized spacial score (nSPS) is 16.8. The van der Waals surface area contributed by atoms with E-state index in [1.807, 2.05) is 4.68 Å². The summed E-state index contributed by atoms with van der Waals surface area (Å²) in [5.41, 5.74) is 8.18. The number of nitrogens with two attached hydrogens (primary N) is 1. The van der Waals surface area contributed by atoms with Gasteiger partial charge in [0.2, 0.25) is 0 Å². The first-order chi connectivity index (χ1) is 6.50. The third-order valence-corrected chi connectivity index (χ3v) is 2.48. The Bertz CT molecular complexity index is 349. The van der Waals surface area contributed by atoms with Crippen LogP contribution in [0, 0.1) is 0 Å². The Hall–Kier alpha value is -1.03. The number of hydrogen-bond donors (Lipinski definition) is 1. The molecule has 0 amide bonds. The topological polar surface area (TPSA) is 53.1 Å². The maximum Gasteiger partial charge on any atom is 0.125 e. The number of hydrogen-bond acceptors (Lipinski definition) is 3. The Morgan fingerprint density at radius 1 is 1.43 bits per heavy atom. The highest BCUT2D eigenvalue weighted by Gasteiger charge is 2.24. The highest BCUT2D eigenvalue weighted by molar-refractivity contribution is 5.45. The van der Waals surface area contributed by atoms with Gasteiger partial charge < -0.3 is 10.5 Å². The van der Waals surface area contributed by atoms with E-state index in [0.717, 1.165) is 24.5 Å². The summed E-state index contributed by atoms with van der Waals surface area (Å²) in [5, 5.41) is 4.49. The molecule has 0 saturated heterocycles. The second kappa shape index (κ2) is 2.98. The van der Waals surface area contributed by atoms with E-state index in [9.17, 15) is 0 Å². The molecular formula is C10H17N3O. The number of ether oxygens (including phenoxy) is 1. The van der Waals surface area contributed by atoms with Crippen LogP contribution < -0.4 is 5.73 Å². The van der Waals surface area contributed by atoms with Crippen LogP contribution in [0.4, 0.5) is 5.82 Å².